The van der Waals surface area contributed by atoms with Crippen molar-refractivity contribution in [3.8, 4) is 0 Å². The second-order valence-electron chi connectivity index (χ2n) is 4.34. The molecular formula is C13H23N. The highest BCUT2D eigenvalue weighted by atomic mass is 14.6. The minimum atomic E-state index is 0.149. The summed E-state index contributed by atoms with van der Waals surface area (Å²) in [5.41, 5.74) is 9.43. The Morgan fingerprint density at radius 3 is 1.93 bits per heavy atom. The summed E-state index contributed by atoms with van der Waals surface area (Å²) in [6.07, 6.45) is 0. The molecule has 0 unspecified atom stereocenters. The fraction of sp³-hybridized carbons (Fsp3) is 0.538. The number of hydrogen-bond acceptors (Lipinski definition) is 1. The third-order valence-electron chi connectivity index (χ3n) is 2.02. The van der Waals surface area contributed by atoms with Gasteiger partial charge in [-0.2, -0.15) is 0 Å². The summed E-state index contributed by atoms with van der Waals surface area (Å²) in [6, 6.07) is 6.19. The zero-order chi connectivity index (χ0) is 11.4. The molecule has 0 saturated carbocycles. The number of hydrogen-bond donors (Lipinski definition) is 1. The lowest BCUT2D eigenvalue weighted by atomic mass is 9.85. The van der Waals surface area contributed by atoms with E-state index >= 15 is 0 Å². The van der Waals surface area contributed by atoms with Crippen molar-refractivity contribution >= 4 is 5.69 Å². The average molecular weight is 193 g/mol. The van der Waals surface area contributed by atoms with E-state index in [1.165, 1.54) is 11.1 Å². The van der Waals surface area contributed by atoms with Crippen molar-refractivity contribution in [1.29, 1.82) is 0 Å². The van der Waals surface area contributed by atoms with Crippen LogP contribution in [0.15, 0.2) is 18.2 Å². The number of rotatable bonds is 0. The molecule has 1 aromatic carbocycles. The van der Waals surface area contributed by atoms with Crippen LogP contribution < -0.4 is 5.73 Å². The predicted octanol–water partition coefficient (Wildman–Crippen LogP) is 3.90. The molecule has 0 heterocycles. The largest absolute Gasteiger partial charge is 0.398 e. The second-order valence-corrected chi connectivity index (χ2v) is 4.34. The van der Waals surface area contributed by atoms with Crippen molar-refractivity contribution < 1.29 is 0 Å². The lowest BCUT2D eigenvalue weighted by Gasteiger charge is -2.21. The Bertz CT molecular complexity index is 282. The molecule has 0 fully saturated rings. The average Bonchev–Trinajstić information content (AvgIpc) is 2.11. The second kappa shape index (κ2) is 5.04. The first-order chi connectivity index (χ1) is 6.41. The van der Waals surface area contributed by atoms with E-state index in [0.717, 1.165) is 5.69 Å². The zero-order valence-electron chi connectivity index (χ0n) is 10.3. The molecule has 0 radical (unpaired) electrons. The highest BCUT2D eigenvalue weighted by Gasteiger charge is 2.16. The fourth-order valence-corrected chi connectivity index (χ4v) is 1.32. The quantitative estimate of drug-likeness (QED) is 0.621. The Morgan fingerprint density at radius 2 is 1.57 bits per heavy atom. The van der Waals surface area contributed by atoms with Crippen molar-refractivity contribution in [3.05, 3.63) is 29.3 Å². The van der Waals surface area contributed by atoms with E-state index in [0.29, 0.717) is 0 Å². The van der Waals surface area contributed by atoms with Gasteiger partial charge in [0, 0.05) is 5.69 Å². The lowest BCUT2D eigenvalue weighted by molar-refractivity contribution is 0.592. The lowest BCUT2D eigenvalue weighted by Crippen LogP contribution is -2.13. The van der Waals surface area contributed by atoms with Crippen molar-refractivity contribution in [1.82, 2.24) is 0 Å². The smallest absolute Gasteiger partial charge is 0.0352 e. The Labute approximate surface area is 88.3 Å². The Hall–Kier alpha value is -0.980. The molecule has 2 N–H and O–H groups in total. The normalized spacial score (nSPS) is 10.4. The summed E-state index contributed by atoms with van der Waals surface area (Å²) < 4.78 is 0. The van der Waals surface area contributed by atoms with Gasteiger partial charge in [-0.05, 0) is 24.0 Å². The molecule has 1 nitrogen and oxygen atoms in total. The van der Waals surface area contributed by atoms with Gasteiger partial charge in [0.2, 0.25) is 0 Å². The van der Waals surface area contributed by atoms with Crippen LogP contribution >= 0.6 is 0 Å². The Morgan fingerprint density at radius 1 is 1.07 bits per heavy atom. The van der Waals surface area contributed by atoms with Crippen molar-refractivity contribution in [2.45, 2.75) is 47.0 Å². The first-order valence-corrected chi connectivity index (χ1v) is 5.28. The standard InChI is InChI=1S/C11H17N.C2H6/c1-8-5-6-10(12)9(7-8)11(2,3)4;1-2/h5-7H,12H2,1-4H3;1-2H3. The summed E-state index contributed by atoms with van der Waals surface area (Å²) in [7, 11) is 0. The fourth-order valence-electron chi connectivity index (χ4n) is 1.32. The molecule has 0 aliphatic heterocycles. The van der Waals surface area contributed by atoms with E-state index in [2.05, 4.69) is 33.8 Å². The molecule has 0 aliphatic rings. The van der Waals surface area contributed by atoms with Crippen LogP contribution in [-0.2, 0) is 5.41 Å². The minimum absolute atomic E-state index is 0.149. The van der Waals surface area contributed by atoms with E-state index in [9.17, 15) is 0 Å². The van der Waals surface area contributed by atoms with E-state index < -0.39 is 0 Å². The summed E-state index contributed by atoms with van der Waals surface area (Å²) in [4.78, 5) is 0. The monoisotopic (exact) mass is 193 g/mol. The maximum absolute atomic E-state index is 5.88. The third-order valence-corrected chi connectivity index (χ3v) is 2.02. The number of nitrogens with two attached hydrogens (primary N) is 1. The number of anilines is 1. The molecular weight excluding hydrogens is 170 g/mol. The molecule has 1 rings (SSSR count). The minimum Gasteiger partial charge on any atom is -0.398 e. The maximum atomic E-state index is 5.88. The first kappa shape index (κ1) is 13.0. The Kier molecular flexibility index (Phi) is 4.69. The molecule has 0 saturated heterocycles. The van der Waals surface area contributed by atoms with Crippen molar-refractivity contribution in [3.63, 3.8) is 0 Å². The van der Waals surface area contributed by atoms with Gasteiger partial charge in [0.25, 0.3) is 0 Å². The molecule has 14 heavy (non-hydrogen) atoms. The molecule has 80 valence electrons. The van der Waals surface area contributed by atoms with Crippen LogP contribution in [0.1, 0.15) is 45.7 Å². The highest BCUT2D eigenvalue weighted by molar-refractivity contribution is 5.51. The van der Waals surface area contributed by atoms with Crippen molar-refractivity contribution in [2.24, 2.45) is 0 Å². The van der Waals surface area contributed by atoms with Crippen LogP contribution in [0.3, 0.4) is 0 Å². The van der Waals surface area contributed by atoms with E-state index in [1.807, 2.05) is 26.0 Å². The van der Waals surface area contributed by atoms with E-state index in [1.54, 1.807) is 0 Å². The molecule has 1 heteroatoms. The molecule has 0 aromatic heterocycles. The van der Waals surface area contributed by atoms with Crippen LogP contribution in [-0.4, -0.2) is 0 Å². The molecule has 0 aliphatic carbocycles. The third kappa shape index (κ3) is 3.41. The number of nitrogen functional groups attached to an aromatic ring is 1. The number of aryl methyl sites for hydroxylation is 1. The van der Waals surface area contributed by atoms with Gasteiger partial charge in [-0.3, -0.25) is 0 Å². The summed E-state index contributed by atoms with van der Waals surface area (Å²) in [6.45, 7) is 12.6. The molecule has 0 atom stereocenters. The molecule has 0 amide bonds. The molecule has 1 aromatic rings. The van der Waals surface area contributed by atoms with Gasteiger partial charge >= 0.3 is 0 Å². The number of benzene rings is 1. The van der Waals surface area contributed by atoms with Crippen LogP contribution in [0.25, 0.3) is 0 Å². The SMILES string of the molecule is CC.Cc1ccc(N)c(C(C)(C)C)c1. The van der Waals surface area contributed by atoms with Gasteiger partial charge in [0.05, 0.1) is 0 Å². The van der Waals surface area contributed by atoms with Crippen molar-refractivity contribution in [2.75, 3.05) is 5.73 Å². The van der Waals surface area contributed by atoms with Crippen LogP contribution in [0, 0.1) is 6.92 Å². The summed E-state index contributed by atoms with van der Waals surface area (Å²) in [5.74, 6) is 0. The van der Waals surface area contributed by atoms with E-state index in [4.69, 9.17) is 5.73 Å². The van der Waals surface area contributed by atoms with Crippen LogP contribution in [0.4, 0.5) is 5.69 Å². The van der Waals surface area contributed by atoms with Gasteiger partial charge < -0.3 is 5.73 Å². The zero-order valence-corrected chi connectivity index (χ0v) is 10.3. The van der Waals surface area contributed by atoms with Gasteiger partial charge in [0.1, 0.15) is 0 Å². The molecule has 0 spiro atoms. The van der Waals surface area contributed by atoms with Gasteiger partial charge in [0.15, 0.2) is 0 Å². The topological polar surface area (TPSA) is 26.0 Å². The summed E-state index contributed by atoms with van der Waals surface area (Å²) in [5, 5.41) is 0. The Balaban J connectivity index is 0.000000791. The highest BCUT2D eigenvalue weighted by Crippen LogP contribution is 2.28. The summed E-state index contributed by atoms with van der Waals surface area (Å²) >= 11 is 0. The van der Waals surface area contributed by atoms with Gasteiger partial charge in [-0.1, -0.05) is 52.3 Å². The van der Waals surface area contributed by atoms with Gasteiger partial charge in [-0.25, -0.2) is 0 Å². The van der Waals surface area contributed by atoms with E-state index in [-0.39, 0.29) is 5.41 Å². The van der Waals surface area contributed by atoms with Crippen LogP contribution in [0.2, 0.25) is 0 Å². The van der Waals surface area contributed by atoms with Gasteiger partial charge in [-0.15, -0.1) is 0 Å². The maximum Gasteiger partial charge on any atom is 0.0352 e. The first-order valence-electron chi connectivity index (χ1n) is 5.28. The molecule has 0 bridgehead atoms. The predicted molar refractivity (Wildman–Crippen MR) is 65.6 cm³/mol. The van der Waals surface area contributed by atoms with Crippen LogP contribution in [0.5, 0.6) is 0 Å².